The van der Waals surface area contributed by atoms with Gasteiger partial charge in [-0.1, -0.05) is 0 Å². The number of aromatic carboxylic acids is 1. The van der Waals surface area contributed by atoms with Gasteiger partial charge in [0.05, 0.1) is 5.56 Å². The molecule has 96 valence electrons. The van der Waals surface area contributed by atoms with Crippen LogP contribution in [-0.2, 0) is 0 Å². The lowest BCUT2D eigenvalue weighted by molar-refractivity contribution is 0.0697. The molecule has 5 nitrogen and oxygen atoms in total. The molecule has 0 saturated carbocycles. The lowest BCUT2D eigenvalue weighted by Crippen LogP contribution is -1.95. The quantitative estimate of drug-likeness (QED) is 0.916. The van der Waals surface area contributed by atoms with Gasteiger partial charge in [0.2, 0.25) is 6.79 Å². The maximum absolute atomic E-state index is 10.7. The first-order valence-corrected chi connectivity index (χ1v) is 5.63. The summed E-state index contributed by atoms with van der Waals surface area (Å²) in [6.45, 7) is 0.214. The molecule has 5 heteroatoms. The van der Waals surface area contributed by atoms with Crippen LogP contribution in [0, 0.1) is 0 Å². The van der Waals surface area contributed by atoms with Gasteiger partial charge < -0.3 is 19.3 Å². The van der Waals surface area contributed by atoms with Gasteiger partial charge in [-0.15, -0.1) is 0 Å². The molecule has 0 fully saturated rings. The van der Waals surface area contributed by atoms with E-state index >= 15 is 0 Å². The number of carboxylic acids is 1. The van der Waals surface area contributed by atoms with Gasteiger partial charge in [0.15, 0.2) is 11.5 Å². The third-order valence-corrected chi connectivity index (χ3v) is 2.68. The molecule has 1 heterocycles. The zero-order valence-electron chi connectivity index (χ0n) is 9.83. The molecule has 1 aliphatic rings. The highest BCUT2D eigenvalue weighted by molar-refractivity contribution is 5.87. The summed E-state index contributed by atoms with van der Waals surface area (Å²) in [6, 6.07) is 11.5. The fourth-order valence-corrected chi connectivity index (χ4v) is 1.74. The van der Waals surface area contributed by atoms with Gasteiger partial charge in [-0.3, -0.25) is 0 Å². The van der Waals surface area contributed by atoms with E-state index in [1.54, 1.807) is 30.3 Å². The van der Waals surface area contributed by atoms with Crippen LogP contribution < -0.4 is 14.2 Å². The maximum Gasteiger partial charge on any atom is 0.335 e. The van der Waals surface area contributed by atoms with Crippen LogP contribution in [0.4, 0.5) is 0 Å². The molecular formula is C14H10O5. The zero-order chi connectivity index (χ0) is 13.2. The van der Waals surface area contributed by atoms with Crippen molar-refractivity contribution >= 4 is 5.97 Å². The van der Waals surface area contributed by atoms with E-state index < -0.39 is 5.97 Å². The Labute approximate surface area is 109 Å². The Balaban J connectivity index is 1.79. The summed E-state index contributed by atoms with van der Waals surface area (Å²) in [7, 11) is 0. The van der Waals surface area contributed by atoms with Crippen molar-refractivity contribution in [3.05, 3.63) is 48.0 Å². The zero-order valence-corrected chi connectivity index (χ0v) is 9.83. The molecule has 0 atom stereocenters. The van der Waals surface area contributed by atoms with E-state index in [0.29, 0.717) is 23.0 Å². The van der Waals surface area contributed by atoms with Gasteiger partial charge in [0, 0.05) is 6.07 Å². The standard InChI is InChI=1S/C14H10O5/c15-14(16)9-1-3-10(4-2-9)19-11-5-6-12-13(7-11)18-8-17-12/h1-7H,8H2,(H,15,16). The van der Waals surface area contributed by atoms with Crippen LogP contribution >= 0.6 is 0 Å². The molecule has 0 unspecified atom stereocenters. The molecule has 0 aromatic heterocycles. The van der Waals surface area contributed by atoms with Gasteiger partial charge in [0.25, 0.3) is 0 Å². The molecule has 0 bridgehead atoms. The first-order valence-electron chi connectivity index (χ1n) is 5.63. The Morgan fingerprint density at radius 3 is 2.42 bits per heavy atom. The number of ether oxygens (including phenoxy) is 3. The molecule has 2 aromatic carbocycles. The van der Waals surface area contributed by atoms with Crippen LogP contribution in [-0.4, -0.2) is 17.9 Å². The van der Waals surface area contributed by atoms with Gasteiger partial charge in [-0.25, -0.2) is 4.79 Å². The van der Waals surface area contributed by atoms with Crippen molar-refractivity contribution in [3.63, 3.8) is 0 Å². The second-order valence-electron chi connectivity index (χ2n) is 3.95. The molecular weight excluding hydrogens is 248 g/mol. The van der Waals surface area contributed by atoms with E-state index in [2.05, 4.69) is 0 Å². The van der Waals surface area contributed by atoms with Crippen LogP contribution in [0.15, 0.2) is 42.5 Å². The molecule has 1 aliphatic heterocycles. The summed E-state index contributed by atoms with van der Waals surface area (Å²) in [5.41, 5.74) is 0.220. The Morgan fingerprint density at radius 1 is 1.00 bits per heavy atom. The SMILES string of the molecule is O=C(O)c1ccc(Oc2ccc3c(c2)OCO3)cc1. The van der Waals surface area contributed by atoms with E-state index in [9.17, 15) is 4.79 Å². The second-order valence-corrected chi connectivity index (χ2v) is 3.95. The predicted molar refractivity (Wildman–Crippen MR) is 66.0 cm³/mol. The Kier molecular flexibility index (Phi) is 2.72. The van der Waals surface area contributed by atoms with Crippen molar-refractivity contribution < 1.29 is 24.1 Å². The number of carboxylic acid groups (broad SMARTS) is 1. The molecule has 3 rings (SSSR count). The highest BCUT2D eigenvalue weighted by Crippen LogP contribution is 2.36. The summed E-state index contributed by atoms with van der Waals surface area (Å²) < 4.78 is 16.1. The number of benzene rings is 2. The third-order valence-electron chi connectivity index (χ3n) is 2.68. The minimum atomic E-state index is -0.963. The number of hydrogen-bond acceptors (Lipinski definition) is 4. The molecule has 0 radical (unpaired) electrons. The molecule has 0 spiro atoms. The van der Waals surface area contributed by atoms with E-state index in [-0.39, 0.29) is 12.4 Å². The second kappa shape index (κ2) is 4.53. The summed E-state index contributed by atoms with van der Waals surface area (Å²) in [5, 5.41) is 8.80. The molecule has 0 aliphatic carbocycles. The van der Waals surface area contributed by atoms with Crippen LogP contribution in [0.1, 0.15) is 10.4 Å². The number of hydrogen-bond donors (Lipinski definition) is 1. The fraction of sp³-hybridized carbons (Fsp3) is 0.0714. The van der Waals surface area contributed by atoms with Gasteiger partial charge >= 0.3 is 5.97 Å². The van der Waals surface area contributed by atoms with Gasteiger partial charge in [-0.2, -0.15) is 0 Å². The smallest absolute Gasteiger partial charge is 0.335 e. The lowest BCUT2D eigenvalue weighted by Gasteiger charge is -2.06. The average molecular weight is 258 g/mol. The Morgan fingerprint density at radius 2 is 1.68 bits per heavy atom. The summed E-state index contributed by atoms with van der Waals surface area (Å²) in [4.78, 5) is 10.7. The average Bonchev–Trinajstić information content (AvgIpc) is 2.87. The minimum absolute atomic E-state index is 0.214. The topological polar surface area (TPSA) is 65.0 Å². The van der Waals surface area contributed by atoms with Crippen molar-refractivity contribution in [1.29, 1.82) is 0 Å². The van der Waals surface area contributed by atoms with Crippen molar-refractivity contribution in [2.45, 2.75) is 0 Å². The molecule has 2 aromatic rings. The van der Waals surface area contributed by atoms with Crippen LogP contribution in [0.2, 0.25) is 0 Å². The Hall–Kier alpha value is -2.69. The van der Waals surface area contributed by atoms with Crippen LogP contribution in [0.3, 0.4) is 0 Å². The van der Waals surface area contributed by atoms with E-state index in [1.165, 1.54) is 12.1 Å². The normalized spacial score (nSPS) is 12.2. The number of fused-ring (bicyclic) bond motifs is 1. The molecule has 19 heavy (non-hydrogen) atoms. The van der Waals surface area contributed by atoms with Crippen molar-refractivity contribution in [3.8, 4) is 23.0 Å². The van der Waals surface area contributed by atoms with E-state index in [4.69, 9.17) is 19.3 Å². The summed E-state index contributed by atoms with van der Waals surface area (Å²) >= 11 is 0. The minimum Gasteiger partial charge on any atom is -0.478 e. The monoisotopic (exact) mass is 258 g/mol. The summed E-state index contributed by atoms with van der Waals surface area (Å²) in [6.07, 6.45) is 0. The highest BCUT2D eigenvalue weighted by Gasteiger charge is 2.14. The molecule has 0 saturated heterocycles. The largest absolute Gasteiger partial charge is 0.478 e. The van der Waals surface area contributed by atoms with Gasteiger partial charge in [-0.05, 0) is 36.4 Å². The van der Waals surface area contributed by atoms with Crippen LogP contribution in [0.5, 0.6) is 23.0 Å². The van der Waals surface area contributed by atoms with Crippen molar-refractivity contribution in [2.75, 3.05) is 6.79 Å². The van der Waals surface area contributed by atoms with Gasteiger partial charge in [0.1, 0.15) is 11.5 Å². The first kappa shape index (κ1) is 11.4. The van der Waals surface area contributed by atoms with Crippen molar-refractivity contribution in [1.82, 2.24) is 0 Å². The highest BCUT2D eigenvalue weighted by atomic mass is 16.7. The summed E-state index contributed by atoms with van der Waals surface area (Å²) in [5.74, 6) is 1.53. The molecule has 0 amide bonds. The number of rotatable bonds is 3. The lowest BCUT2D eigenvalue weighted by atomic mass is 10.2. The van der Waals surface area contributed by atoms with E-state index in [1.807, 2.05) is 0 Å². The van der Waals surface area contributed by atoms with E-state index in [0.717, 1.165) is 0 Å². The first-order chi connectivity index (χ1) is 9.22. The number of carbonyl (C=O) groups is 1. The fourth-order valence-electron chi connectivity index (χ4n) is 1.74. The molecule has 1 N–H and O–H groups in total. The maximum atomic E-state index is 10.7. The van der Waals surface area contributed by atoms with Crippen molar-refractivity contribution in [2.24, 2.45) is 0 Å². The predicted octanol–water partition coefficient (Wildman–Crippen LogP) is 2.91. The Bertz CT molecular complexity index is 618. The van der Waals surface area contributed by atoms with Crippen LogP contribution in [0.25, 0.3) is 0 Å². The third kappa shape index (κ3) is 2.30.